The Morgan fingerprint density at radius 2 is 2.16 bits per heavy atom. The van der Waals surface area contributed by atoms with Crippen LogP contribution in [0.1, 0.15) is 10.6 Å². The molecule has 8 heteroatoms. The Morgan fingerprint density at radius 1 is 1.42 bits per heavy atom. The highest BCUT2D eigenvalue weighted by atomic mass is 16.5. The fourth-order valence-corrected chi connectivity index (χ4v) is 1.35. The van der Waals surface area contributed by atoms with Gasteiger partial charge in [-0.1, -0.05) is 0 Å². The molecule has 104 valence electrons. The zero-order chi connectivity index (χ0) is 14.3. The Hall–Kier alpha value is -2.22. The van der Waals surface area contributed by atoms with Crippen LogP contribution >= 0.6 is 0 Å². The fourth-order valence-electron chi connectivity index (χ4n) is 1.35. The highest BCUT2D eigenvalue weighted by molar-refractivity contribution is 5.85. The van der Waals surface area contributed by atoms with Crippen LogP contribution in [0, 0.1) is 0 Å². The van der Waals surface area contributed by atoms with E-state index in [1.807, 2.05) is 0 Å². The van der Waals surface area contributed by atoms with Crippen molar-refractivity contribution < 1.29 is 24.2 Å². The number of hydrogen-bond donors (Lipinski definition) is 1. The largest absolute Gasteiger partial charge is 0.480 e. The first-order chi connectivity index (χ1) is 9.08. The normalized spacial score (nSPS) is 10.0. The smallest absolute Gasteiger partial charge is 0.376 e. The molecule has 1 aromatic heterocycles. The van der Waals surface area contributed by atoms with Crippen molar-refractivity contribution in [2.75, 3.05) is 38.8 Å². The van der Waals surface area contributed by atoms with Gasteiger partial charge in [-0.15, -0.1) is 0 Å². The molecular formula is C11H15N3O5. The zero-order valence-corrected chi connectivity index (χ0v) is 10.7. The first-order valence-corrected chi connectivity index (χ1v) is 5.45. The molecule has 0 atom stereocenters. The van der Waals surface area contributed by atoms with E-state index in [2.05, 4.69) is 14.7 Å². The maximum atomic E-state index is 11.3. The van der Waals surface area contributed by atoms with Crippen LogP contribution in [-0.2, 0) is 14.3 Å². The molecule has 0 spiro atoms. The van der Waals surface area contributed by atoms with Gasteiger partial charge < -0.3 is 19.5 Å². The number of hydrogen-bond acceptors (Lipinski definition) is 7. The lowest BCUT2D eigenvalue weighted by Gasteiger charge is -2.21. The van der Waals surface area contributed by atoms with Crippen molar-refractivity contribution in [3.05, 3.63) is 18.1 Å². The summed E-state index contributed by atoms with van der Waals surface area (Å²) in [5, 5.41) is 8.85. The quantitative estimate of drug-likeness (QED) is 0.679. The molecule has 0 fully saturated rings. The molecule has 19 heavy (non-hydrogen) atoms. The van der Waals surface area contributed by atoms with E-state index in [-0.39, 0.29) is 12.4 Å². The number of nitrogens with zero attached hydrogens (tertiary/aromatic N) is 3. The van der Waals surface area contributed by atoms with Gasteiger partial charge in [-0.2, -0.15) is 0 Å². The van der Waals surface area contributed by atoms with E-state index in [1.54, 1.807) is 0 Å². The molecule has 0 radical (unpaired) electrons. The number of carbonyl (C=O) groups excluding carboxylic acids is 1. The first kappa shape index (κ1) is 14.8. The monoisotopic (exact) mass is 269 g/mol. The van der Waals surface area contributed by atoms with Crippen LogP contribution in [0.3, 0.4) is 0 Å². The van der Waals surface area contributed by atoms with Crippen molar-refractivity contribution in [3.8, 4) is 0 Å². The summed E-state index contributed by atoms with van der Waals surface area (Å²) in [6, 6.07) is 1.52. The van der Waals surface area contributed by atoms with E-state index >= 15 is 0 Å². The number of carbonyl (C=O) groups is 2. The SMILES string of the molecule is COCCN(CC(=O)O)c1ccnc(C(=O)OC)n1. The summed E-state index contributed by atoms with van der Waals surface area (Å²) in [5.74, 6) is -1.47. The maximum Gasteiger partial charge on any atom is 0.376 e. The lowest BCUT2D eigenvalue weighted by molar-refractivity contribution is -0.135. The van der Waals surface area contributed by atoms with Gasteiger partial charge in [0.05, 0.1) is 13.7 Å². The van der Waals surface area contributed by atoms with E-state index < -0.39 is 11.9 Å². The number of esters is 1. The lowest BCUT2D eigenvalue weighted by atomic mass is 10.4. The average molecular weight is 269 g/mol. The van der Waals surface area contributed by atoms with Crippen molar-refractivity contribution >= 4 is 17.8 Å². The van der Waals surface area contributed by atoms with Gasteiger partial charge in [0.25, 0.3) is 0 Å². The van der Waals surface area contributed by atoms with Gasteiger partial charge in [0, 0.05) is 19.9 Å². The Morgan fingerprint density at radius 3 is 2.74 bits per heavy atom. The second-order valence-electron chi connectivity index (χ2n) is 3.54. The van der Waals surface area contributed by atoms with Crippen molar-refractivity contribution in [1.82, 2.24) is 9.97 Å². The summed E-state index contributed by atoms with van der Waals surface area (Å²) in [7, 11) is 2.73. The second-order valence-corrected chi connectivity index (χ2v) is 3.54. The predicted molar refractivity (Wildman–Crippen MR) is 65.1 cm³/mol. The molecular weight excluding hydrogens is 254 g/mol. The van der Waals surface area contributed by atoms with Crippen molar-refractivity contribution in [1.29, 1.82) is 0 Å². The summed E-state index contributed by atoms with van der Waals surface area (Å²) in [6.07, 6.45) is 1.37. The molecule has 0 aromatic carbocycles. The third-order valence-electron chi connectivity index (χ3n) is 2.22. The molecule has 0 bridgehead atoms. The minimum absolute atomic E-state index is 0.118. The summed E-state index contributed by atoms with van der Waals surface area (Å²) >= 11 is 0. The lowest BCUT2D eigenvalue weighted by Crippen LogP contribution is -2.33. The number of methoxy groups -OCH3 is 2. The number of ether oxygens (including phenoxy) is 2. The Bertz CT molecular complexity index is 452. The molecule has 1 N–H and O–H groups in total. The number of carboxylic acids is 1. The van der Waals surface area contributed by atoms with Gasteiger partial charge in [-0.3, -0.25) is 4.79 Å². The van der Waals surface area contributed by atoms with Crippen LogP contribution in [0.5, 0.6) is 0 Å². The molecule has 0 aliphatic carbocycles. The maximum absolute atomic E-state index is 11.3. The molecule has 0 aliphatic heterocycles. The van der Waals surface area contributed by atoms with Gasteiger partial charge in [0.1, 0.15) is 12.4 Å². The summed E-state index contributed by atoms with van der Waals surface area (Å²) in [6.45, 7) is 0.423. The minimum atomic E-state index is -1.01. The number of anilines is 1. The highest BCUT2D eigenvalue weighted by Crippen LogP contribution is 2.10. The topological polar surface area (TPSA) is 102 Å². The second kappa shape index (κ2) is 7.27. The summed E-state index contributed by atoms with van der Waals surface area (Å²) in [4.78, 5) is 31.3. The number of carboxylic acid groups (broad SMARTS) is 1. The summed E-state index contributed by atoms with van der Waals surface area (Å²) in [5.41, 5.74) is 0. The summed E-state index contributed by atoms with van der Waals surface area (Å²) < 4.78 is 9.41. The molecule has 0 saturated carbocycles. The van der Waals surface area contributed by atoms with Gasteiger partial charge in [-0.05, 0) is 6.07 Å². The molecule has 0 unspecified atom stereocenters. The minimum Gasteiger partial charge on any atom is -0.480 e. The average Bonchev–Trinajstić information content (AvgIpc) is 2.42. The molecule has 0 saturated heterocycles. The molecule has 1 aromatic rings. The number of aromatic nitrogens is 2. The van der Waals surface area contributed by atoms with Crippen LogP contribution in [0.2, 0.25) is 0 Å². The third-order valence-corrected chi connectivity index (χ3v) is 2.22. The first-order valence-electron chi connectivity index (χ1n) is 5.45. The van der Waals surface area contributed by atoms with E-state index in [0.717, 1.165) is 0 Å². The van der Waals surface area contributed by atoms with Crippen molar-refractivity contribution in [2.24, 2.45) is 0 Å². The molecule has 1 heterocycles. The zero-order valence-electron chi connectivity index (χ0n) is 10.7. The van der Waals surface area contributed by atoms with Gasteiger partial charge in [-0.25, -0.2) is 14.8 Å². The number of rotatable bonds is 7. The van der Waals surface area contributed by atoms with Crippen LogP contribution in [0.15, 0.2) is 12.3 Å². The highest BCUT2D eigenvalue weighted by Gasteiger charge is 2.15. The van der Waals surface area contributed by atoms with E-state index in [4.69, 9.17) is 9.84 Å². The van der Waals surface area contributed by atoms with Crippen LogP contribution in [0.4, 0.5) is 5.82 Å². The number of aliphatic carboxylic acids is 1. The van der Waals surface area contributed by atoms with E-state index in [0.29, 0.717) is 19.0 Å². The van der Waals surface area contributed by atoms with E-state index in [9.17, 15) is 9.59 Å². The van der Waals surface area contributed by atoms with Crippen LogP contribution in [0.25, 0.3) is 0 Å². The Kier molecular flexibility index (Phi) is 5.68. The van der Waals surface area contributed by atoms with Crippen LogP contribution < -0.4 is 4.90 Å². The Labute approximate surface area is 110 Å². The molecule has 8 nitrogen and oxygen atoms in total. The van der Waals surface area contributed by atoms with Gasteiger partial charge in [0.2, 0.25) is 5.82 Å². The van der Waals surface area contributed by atoms with Crippen molar-refractivity contribution in [3.63, 3.8) is 0 Å². The van der Waals surface area contributed by atoms with Gasteiger partial charge in [0.15, 0.2) is 0 Å². The third kappa shape index (κ3) is 4.51. The molecule has 0 amide bonds. The molecule has 0 aliphatic rings. The predicted octanol–water partition coefficient (Wildman–Crippen LogP) is -0.199. The van der Waals surface area contributed by atoms with Crippen LogP contribution in [-0.4, -0.2) is 60.9 Å². The molecule has 1 rings (SSSR count). The van der Waals surface area contributed by atoms with E-state index in [1.165, 1.54) is 31.4 Å². The fraction of sp³-hybridized carbons (Fsp3) is 0.455. The Balaban J connectivity index is 2.94. The standard InChI is InChI=1S/C11H15N3O5/c1-18-6-5-14(7-9(15)16)8-3-4-12-10(13-8)11(17)19-2/h3-4H,5-7H2,1-2H3,(H,15,16). The van der Waals surface area contributed by atoms with Crippen molar-refractivity contribution in [2.45, 2.75) is 0 Å². The van der Waals surface area contributed by atoms with Gasteiger partial charge >= 0.3 is 11.9 Å².